The average molecular weight is 385 g/mol. The first kappa shape index (κ1) is 19.3. The molecular weight excluding hydrogens is 360 g/mol. The SMILES string of the molecule is Cc1ccc2[nH]c(=O)c(CCNS(=O)(=O)CCCc3ccccc3)cc2c1. The highest BCUT2D eigenvalue weighted by atomic mass is 32.2. The van der Waals surface area contributed by atoms with E-state index in [-0.39, 0.29) is 17.9 Å². The predicted molar refractivity (Wildman–Crippen MR) is 110 cm³/mol. The van der Waals surface area contributed by atoms with Crippen LogP contribution in [-0.4, -0.2) is 25.7 Å². The van der Waals surface area contributed by atoms with Crippen molar-refractivity contribution < 1.29 is 8.42 Å². The second-order valence-electron chi connectivity index (χ2n) is 6.77. The highest BCUT2D eigenvalue weighted by Gasteiger charge is 2.10. The number of aromatic amines is 1. The molecule has 142 valence electrons. The third-order valence-corrected chi connectivity index (χ3v) is 5.98. The lowest BCUT2D eigenvalue weighted by molar-refractivity contribution is 0.578. The summed E-state index contributed by atoms with van der Waals surface area (Å²) in [6, 6.07) is 17.5. The van der Waals surface area contributed by atoms with Crippen LogP contribution in [0.2, 0.25) is 0 Å². The first-order chi connectivity index (χ1) is 12.9. The molecule has 0 bridgehead atoms. The van der Waals surface area contributed by atoms with Crippen molar-refractivity contribution in [2.45, 2.75) is 26.2 Å². The van der Waals surface area contributed by atoms with Gasteiger partial charge in [0.05, 0.1) is 5.75 Å². The molecule has 0 fully saturated rings. The Morgan fingerprint density at radius 2 is 1.78 bits per heavy atom. The zero-order valence-electron chi connectivity index (χ0n) is 15.4. The molecule has 0 atom stereocenters. The summed E-state index contributed by atoms with van der Waals surface area (Å²) in [7, 11) is -3.35. The number of pyridine rings is 1. The topological polar surface area (TPSA) is 79.0 Å². The molecule has 2 N–H and O–H groups in total. The maximum Gasteiger partial charge on any atom is 0.251 e. The molecule has 0 unspecified atom stereocenters. The van der Waals surface area contributed by atoms with Crippen LogP contribution in [0.4, 0.5) is 0 Å². The predicted octanol–water partition coefficient (Wildman–Crippen LogP) is 2.93. The Morgan fingerprint density at radius 3 is 2.56 bits per heavy atom. The Kier molecular flexibility index (Phi) is 6.08. The number of sulfonamides is 1. The van der Waals surface area contributed by atoms with Crippen LogP contribution < -0.4 is 10.3 Å². The van der Waals surface area contributed by atoms with Gasteiger partial charge in [-0.3, -0.25) is 4.79 Å². The zero-order valence-corrected chi connectivity index (χ0v) is 16.2. The van der Waals surface area contributed by atoms with Crippen LogP contribution >= 0.6 is 0 Å². The van der Waals surface area contributed by atoms with E-state index in [1.54, 1.807) is 0 Å². The molecular formula is C21H24N2O3S. The Hall–Kier alpha value is -2.44. The van der Waals surface area contributed by atoms with E-state index in [2.05, 4.69) is 9.71 Å². The van der Waals surface area contributed by atoms with Gasteiger partial charge in [-0.05, 0) is 55.3 Å². The molecule has 0 spiro atoms. The smallest absolute Gasteiger partial charge is 0.251 e. The molecule has 2 aromatic carbocycles. The molecule has 3 rings (SSSR count). The number of rotatable bonds is 8. The minimum absolute atomic E-state index is 0.0785. The molecule has 0 aliphatic rings. The third-order valence-electron chi connectivity index (χ3n) is 4.51. The van der Waals surface area contributed by atoms with E-state index in [0.717, 1.165) is 28.5 Å². The third kappa shape index (κ3) is 5.52. The van der Waals surface area contributed by atoms with Crippen LogP contribution in [0, 0.1) is 6.92 Å². The molecule has 5 nitrogen and oxygen atoms in total. The summed E-state index contributed by atoms with van der Waals surface area (Å²) in [5.74, 6) is 0.0785. The lowest BCUT2D eigenvalue weighted by Crippen LogP contribution is -2.29. The van der Waals surface area contributed by atoms with Crippen LogP contribution in [0.15, 0.2) is 59.4 Å². The first-order valence-electron chi connectivity index (χ1n) is 9.07. The van der Waals surface area contributed by atoms with Crippen molar-refractivity contribution in [1.29, 1.82) is 0 Å². The van der Waals surface area contributed by atoms with Gasteiger partial charge in [0.25, 0.3) is 5.56 Å². The summed E-state index contributed by atoms with van der Waals surface area (Å²) in [6.45, 7) is 2.21. The fourth-order valence-electron chi connectivity index (χ4n) is 3.08. The largest absolute Gasteiger partial charge is 0.322 e. The fourth-order valence-corrected chi connectivity index (χ4v) is 4.16. The second kappa shape index (κ2) is 8.50. The Morgan fingerprint density at radius 1 is 1.00 bits per heavy atom. The monoisotopic (exact) mass is 384 g/mol. The fraction of sp³-hybridized carbons (Fsp3) is 0.286. The van der Waals surface area contributed by atoms with Gasteiger partial charge in [0, 0.05) is 17.6 Å². The van der Waals surface area contributed by atoms with E-state index in [1.165, 1.54) is 0 Å². The standard InChI is InChI=1S/C21H24N2O3S/c1-16-9-10-20-19(14-16)15-18(21(24)23-20)11-12-22-27(25,26)13-5-8-17-6-3-2-4-7-17/h2-4,6-7,9-10,14-15,22H,5,8,11-13H2,1H3,(H,23,24). The van der Waals surface area contributed by atoms with Gasteiger partial charge in [-0.2, -0.15) is 0 Å². The Bertz CT molecular complexity index is 1070. The van der Waals surface area contributed by atoms with E-state index in [0.29, 0.717) is 18.4 Å². The molecule has 1 heterocycles. The molecule has 6 heteroatoms. The summed E-state index contributed by atoms with van der Waals surface area (Å²) in [6.07, 6.45) is 1.65. The van der Waals surface area contributed by atoms with Crippen molar-refractivity contribution in [1.82, 2.24) is 9.71 Å². The summed E-state index contributed by atoms with van der Waals surface area (Å²) in [5, 5.41) is 0.954. The lowest BCUT2D eigenvalue weighted by Gasteiger charge is -2.08. The first-order valence-corrected chi connectivity index (χ1v) is 10.7. The van der Waals surface area contributed by atoms with Gasteiger partial charge in [0.2, 0.25) is 10.0 Å². The maximum atomic E-state index is 12.2. The highest BCUT2D eigenvalue weighted by Crippen LogP contribution is 2.13. The van der Waals surface area contributed by atoms with Crippen molar-refractivity contribution in [3.63, 3.8) is 0 Å². The number of aromatic nitrogens is 1. The number of fused-ring (bicyclic) bond motifs is 1. The highest BCUT2D eigenvalue weighted by molar-refractivity contribution is 7.89. The van der Waals surface area contributed by atoms with E-state index < -0.39 is 10.0 Å². The Labute approximate surface area is 159 Å². The zero-order chi connectivity index (χ0) is 19.3. The van der Waals surface area contributed by atoms with Crippen LogP contribution in [0.3, 0.4) is 0 Å². The van der Waals surface area contributed by atoms with E-state index in [4.69, 9.17) is 0 Å². The molecule has 1 aromatic heterocycles. The van der Waals surface area contributed by atoms with Gasteiger partial charge in [0.1, 0.15) is 0 Å². The van der Waals surface area contributed by atoms with Crippen molar-refractivity contribution in [2.24, 2.45) is 0 Å². The Balaban J connectivity index is 1.54. The molecule has 0 radical (unpaired) electrons. The number of nitrogens with one attached hydrogen (secondary N) is 2. The molecule has 0 aliphatic carbocycles. The summed E-state index contributed by atoms with van der Waals surface area (Å²) in [4.78, 5) is 15.0. The van der Waals surface area contributed by atoms with E-state index in [1.807, 2.05) is 61.5 Å². The number of hydrogen-bond donors (Lipinski definition) is 2. The summed E-state index contributed by atoms with van der Waals surface area (Å²) >= 11 is 0. The molecule has 27 heavy (non-hydrogen) atoms. The summed E-state index contributed by atoms with van der Waals surface area (Å²) < 4.78 is 26.9. The summed E-state index contributed by atoms with van der Waals surface area (Å²) in [5.41, 5.74) is 3.44. The number of aryl methyl sites for hydroxylation is 2. The number of hydrogen-bond acceptors (Lipinski definition) is 3. The molecule has 0 saturated heterocycles. The van der Waals surface area contributed by atoms with Gasteiger partial charge in [-0.1, -0.05) is 42.0 Å². The van der Waals surface area contributed by atoms with Crippen LogP contribution in [-0.2, 0) is 22.9 Å². The van der Waals surface area contributed by atoms with Crippen molar-refractivity contribution in [3.05, 3.63) is 81.6 Å². The number of H-pyrrole nitrogens is 1. The van der Waals surface area contributed by atoms with Crippen LogP contribution in [0.25, 0.3) is 10.9 Å². The minimum atomic E-state index is -3.35. The molecule has 0 amide bonds. The maximum absolute atomic E-state index is 12.2. The second-order valence-corrected chi connectivity index (χ2v) is 8.69. The van der Waals surface area contributed by atoms with Gasteiger partial charge in [-0.15, -0.1) is 0 Å². The number of benzene rings is 2. The average Bonchev–Trinajstić information content (AvgIpc) is 2.63. The quantitative estimate of drug-likeness (QED) is 0.627. The van der Waals surface area contributed by atoms with E-state index >= 15 is 0 Å². The van der Waals surface area contributed by atoms with Crippen molar-refractivity contribution >= 4 is 20.9 Å². The van der Waals surface area contributed by atoms with Crippen LogP contribution in [0.5, 0.6) is 0 Å². The van der Waals surface area contributed by atoms with Gasteiger partial charge < -0.3 is 4.98 Å². The molecule has 3 aromatic rings. The van der Waals surface area contributed by atoms with Crippen molar-refractivity contribution in [3.8, 4) is 0 Å². The van der Waals surface area contributed by atoms with Crippen molar-refractivity contribution in [2.75, 3.05) is 12.3 Å². The normalized spacial score (nSPS) is 11.7. The van der Waals surface area contributed by atoms with Gasteiger partial charge >= 0.3 is 0 Å². The minimum Gasteiger partial charge on any atom is -0.322 e. The van der Waals surface area contributed by atoms with Gasteiger partial charge in [0.15, 0.2) is 0 Å². The molecule has 0 aliphatic heterocycles. The van der Waals surface area contributed by atoms with E-state index in [9.17, 15) is 13.2 Å². The van der Waals surface area contributed by atoms with Crippen LogP contribution in [0.1, 0.15) is 23.1 Å². The lowest BCUT2D eigenvalue weighted by atomic mass is 10.1. The molecule has 0 saturated carbocycles. The van der Waals surface area contributed by atoms with Gasteiger partial charge in [-0.25, -0.2) is 13.1 Å².